The first kappa shape index (κ1) is 18.2. The Kier molecular flexibility index (Phi) is 8.63. The number of hydrogen-bond acceptors (Lipinski definition) is 7. The number of aromatic nitrogens is 2. The van der Waals surface area contributed by atoms with Gasteiger partial charge >= 0.3 is 5.97 Å². The van der Waals surface area contributed by atoms with Crippen LogP contribution in [-0.4, -0.2) is 57.6 Å². The summed E-state index contributed by atoms with van der Waals surface area (Å²) in [4.78, 5) is 12.9. The van der Waals surface area contributed by atoms with Crippen molar-refractivity contribution in [3.8, 4) is 0 Å². The van der Waals surface area contributed by atoms with E-state index in [1.54, 1.807) is 0 Å². The Balaban J connectivity index is 2.27. The van der Waals surface area contributed by atoms with Crippen LogP contribution in [0.4, 0.5) is 5.13 Å². The molecule has 1 rings (SSSR count). The molecule has 1 atom stereocenters. The van der Waals surface area contributed by atoms with Gasteiger partial charge in [0.1, 0.15) is 0 Å². The minimum absolute atomic E-state index is 0.0219. The number of carbonyl (C=O) groups is 1. The van der Waals surface area contributed by atoms with Crippen LogP contribution in [0.1, 0.15) is 33.6 Å². The van der Waals surface area contributed by atoms with Gasteiger partial charge in [0.15, 0.2) is 4.34 Å². The number of carboxylic acid groups (broad SMARTS) is 1. The molecule has 0 saturated carbocycles. The maximum Gasteiger partial charge on any atom is 0.313 e. The second kappa shape index (κ2) is 9.97. The molecule has 21 heavy (non-hydrogen) atoms. The smallest absolute Gasteiger partial charge is 0.313 e. The third-order valence-corrected chi connectivity index (χ3v) is 5.07. The molecule has 0 fully saturated rings. The molecule has 0 spiro atoms. The van der Waals surface area contributed by atoms with Gasteiger partial charge in [-0.1, -0.05) is 36.9 Å². The van der Waals surface area contributed by atoms with Crippen molar-refractivity contribution in [1.29, 1.82) is 0 Å². The zero-order valence-electron chi connectivity index (χ0n) is 12.8. The van der Waals surface area contributed by atoms with Gasteiger partial charge in [0, 0.05) is 6.04 Å². The lowest BCUT2D eigenvalue weighted by molar-refractivity contribution is -0.133. The van der Waals surface area contributed by atoms with Crippen LogP contribution in [0.5, 0.6) is 0 Å². The van der Waals surface area contributed by atoms with Crippen LogP contribution in [0, 0.1) is 0 Å². The average molecular weight is 332 g/mol. The standard InChI is InChI=1S/C13H24N4O2S2/c1-4-17(5-2)8-6-7-10(3)14-12-15-16-13(21-12)20-9-11(18)19/h10H,4-9H2,1-3H3,(H,14,15)(H,18,19). The first-order valence-electron chi connectivity index (χ1n) is 7.22. The number of thioether (sulfide) groups is 1. The molecule has 0 radical (unpaired) electrons. The van der Waals surface area contributed by atoms with Crippen molar-refractivity contribution in [2.45, 2.75) is 44.0 Å². The number of aliphatic carboxylic acids is 1. The van der Waals surface area contributed by atoms with Crippen molar-refractivity contribution in [2.24, 2.45) is 0 Å². The lowest BCUT2D eigenvalue weighted by Crippen LogP contribution is -2.25. The van der Waals surface area contributed by atoms with Crippen LogP contribution in [0.3, 0.4) is 0 Å². The molecule has 1 aromatic rings. The molecular formula is C13H24N4O2S2. The summed E-state index contributed by atoms with van der Waals surface area (Å²) in [5.74, 6) is -0.817. The first-order valence-corrected chi connectivity index (χ1v) is 9.02. The van der Waals surface area contributed by atoms with Crippen molar-refractivity contribution in [3.63, 3.8) is 0 Å². The molecule has 1 unspecified atom stereocenters. The summed E-state index contributed by atoms with van der Waals surface area (Å²) < 4.78 is 0.690. The van der Waals surface area contributed by atoms with Gasteiger partial charge in [-0.2, -0.15) is 0 Å². The number of rotatable bonds is 11. The molecule has 6 nitrogen and oxygen atoms in total. The second-order valence-electron chi connectivity index (χ2n) is 4.77. The zero-order valence-corrected chi connectivity index (χ0v) is 14.5. The predicted molar refractivity (Wildman–Crippen MR) is 88.4 cm³/mol. The summed E-state index contributed by atoms with van der Waals surface area (Å²) in [5.41, 5.74) is 0. The Hall–Kier alpha value is -0.860. The number of nitrogens with one attached hydrogen (secondary N) is 1. The summed E-state index contributed by atoms with van der Waals surface area (Å²) >= 11 is 2.61. The van der Waals surface area contributed by atoms with Gasteiger partial charge in [-0.05, 0) is 39.4 Å². The predicted octanol–water partition coefficient (Wildman–Crippen LogP) is 2.64. The highest BCUT2D eigenvalue weighted by Crippen LogP contribution is 2.25. The van der Waals surface area contributed by atoms with E-state index < -0.39 is 5.97 Å². The Morgan fingerprint density at radius 1 is 1.43 bits per heavy atom. The van der Waals surface area contributed by atoms with Gasteiger partial charge in [0.25, 0.3) is 0 Å². The Morgan fingerprint density at radius 3 is 2.76 bits per heavy atom. The van der Waals surface area contributed by atoms with Crippen LogP contribution >= 0.6 is 23.1 Å². The van der Waals surface area contributed by atoms with Crippen LogP contribution < -0.4 is 5.32 Å². The number of carboxylic acids is 1. The lowest BCUT2D eigenvalue weighted by atomic mass is 10.2. The molecule has 0 saturated heterocycles. The summed E-state index contributed by atoms with van der Waals surface area (Å²) in [5, 5.41) is 20.7. The van der Waals surface area contributed by atoms with Crippen molar-refractivity contribution in [3.05, 3.63) is 0 Å². The van der Waals surface area contributed by atoms with Gasteiger partial charge < -0.3 is 15.3 Å². The molecule has 0 aliphatic carbocycles. The van der Waals surface area contributed by atoms with Crippen molar-refractivity contribution in [2.75, 3.05) is 30.7 Å². The molecule has 1 heterocycles. The fraction of sp³-hybridized carbons (Fsp3) is 0.769. The summed E-state index contributed by atoms with van der Waals surface area (Å²) in [7, 11) is 0. The maximum atomic E-state index is 10.5. The van der Waals surface area contributed by atoms with Gasteiger partial charge in [-0.15, -0.1) is 10.2 Å². The van der Waals surface area contributed by atoms with Crippen LogP contribution in [0.25, 0.3) is 0 Å². The Labute approximate surface area is 134 Å². The normalized spacial score (nSPS) is 12.6. The topological polar surface area (TPSA) is 78.3 Å². The van der Waals surface area contributed by atoms with E-state index in [0.29, 0.717) is 10.4 Å². The fourth-order valence-electron chi connectivity index (χ4n) is 1.89. The van der Waals surface area contributed by atoms with Crippen molar-refractivity contribution >= 4 is 34.2 Å². The lowest BCUT2D eigenvalue weighted by Gasteiger charge is -2.19. The van der Waals surface area contributed by atoms with Crippen LogP contribution in [-0.2, 0) is 4.79 Å². The number of anilines is 1. The zero-order chi connectivity index (χ0) is 15.7. The van der Waals surface area contributed by atoms with E-state index >= 15 is 0 Å². The number of hydrogen-bond donors (Lipinski definition) is 2. The summed E-state index contributed by atoms with van der Waals surface area (Å²) in [6.07, 6.45) is 2.23. The van der Waals surface area contributed by atoms with Crippen LogP contribution in [0.15, 0.2) is 4.34 Å². The van der Waals surface area contributed by atoms with E-state index in [4.69, 9.17) is 5.11 Å². The van der Waals surface area contributed by atoms with E-state index in [9.17, 15) is 4.79 Å². The monoisotopic (exact) mass is 332 g/mol. The summed E-state index contributed by atoms with van der Waals surface area (Å²) in [6.45, 7) is 9.81. The molecule has 0 amide bonds. The third-order valence-electron chi connectivity index (χ3n) is 3.10. The minimum Gasteiger partial charge on any atom is -0.481 e. The van der Waals surface area contributed by atoms with E-state index in [2.05, 4.69) is 41.2 Å². The van der Waals surface area contributed by atoms with E-state index in [1.165, 1.54) is 23.1 Å². The maximum absolute atomic E-state index is 10.5. The largest absolute Gasteiger partial charge is 0.481 e. The molecule has 120 valence electrons. The highest BCUT2D eigenvalue weighted by atomic mass is 32.2. The van der Waals surface area contributed by atoms with E-state index in [0.717, 1.165) is 37.6 Å². The Morgan fingerprint density at radius 2 is 2.14 bits per heavy atom. The Bertz CT molecular complexity index is 424. The quantitative estimate of drug-likeness (QED) is 0.603. The third kappa shape index (κ3) is 7.63. The molecule has 0 aliphatic heterocycles. The van der Waals surface area contributed by atoms with Gasteiger partial charge in [0.05, 0.1) is 5.75 Å². The van der Waals surface area contributed by atoms with Crippen molar-refractivity contribution < 1.29 is 9.90 Å². The highest BCUT2D eigenvalue weighted by Gasteiger charge is 2.10. The summed E-state index contributed by atoms with van der Waals surface area (Å²) in [6, 6.07) is 0.339. The van der Waals surface area contributed by atoms with E-state index in [1.807, 2.05) is 0 Å². The highest BCUT2D eigenvalue weighted by molar-refractivity contribution is 8.01. The second-order valence-corrected chi connectivity index (χ2v) is 6.97. The van der Waals surface area contributed by atoms with Gasteiger partial charge in [-0.25, -0.2) is 0 Å². The fourth-order valence-corrected chi connectivity index (χ4v) is 3.48. The molecule has 0 aromatic carbocycles. The molecule has 8 heteroatoms. The number of nitrogens with zero attached hydrogens (tertiary/aromatic N) is 3. The van der Waals surface area contributed by atoms with Crippen molar-refractivity contribution in [1.82, 2.24) is 15.1 Å². The van der Waals surface area contributed by atoms with Crippen LogP contribution in [0.2, 0.25) is 0 Å². The molecular weight excluding hydrogens is 308 g/mol. The molecule has 1 aromatic heterocycles. The average Bonchev–Trinajstić information content (AvgIpc) is 2.89. The van der Waals surface area contributed by atoms with E-state index in [-0.39, 0.29) is 5.75 Å². The molecule has 2 N–H and O–H groups in total. The van der Waals surface area contributed by atoms with Gasteiger partial charge in [0.2, 0.25) is 5.13 Å². The first-order chi connectivity index (χ1) is 10.0. The molecule has 0 aliphatic rings. The molecule has 0 bridgehead atoms. The minimum atomic E-state index is -0.838. The SMILES string of the molecule is CCN(CC)CCCC(C)Nc1nnc(SCC(=O)O)s1. The van der Waals surface area contributed by atoms with Gasteiger partial charge in [-0.3, -0.25) is 4.79 Å².